The smallest absolute Gasteiger partial charge is 0.375 e. The monoisotopic (exact) mass is 267 g/mol. The zero-order chi connectivity index (χ0) is 14.6. The molecule has 0 spiro atoms. The minimum absolute atomic E-state index is 0.185. The molecule has 19 heavy (non-hydrogen) atoms. The van der Waals surface area contributed by atoms with Gasteiger partial charge in [-0.1, -0.05) is 41.0 Å². The number of hydrogen-bond donors (Lipinski definition) is 0. The maximum absolute atomic E-state index is 11.6. The molecule has 1 atom stereocenters. The Morgan fingerprint density at radius 2 is 2.05 bits per heavy atom. The Morgan fingerprint density at radius 1 is 1.42 bits per heavy atom. The Labute approximate surface area is 115 Å². The fraction of sp³-hybridized carbons (Fsp3) is 0.733. The average Bonchev–Trinajstić information content (AvgIpc) is 2.70. The fourth-order valence-electron chi connectivity index (χ4n) is 1.71. The Balaban J connectivity index is 2.95. The average molecular weight is 267 g/mol. The van der Waals surface area contributed by atoms with Gasteiger partial charge in [-0.05, 0) is 17.8 Å². The van der Waals surface area contributed by atoms with E-state index in [-0.39, 0.29) is 11.2 Å². The van der Waals surface area contributed by atoms with E-state index < -0.39 is 5.97 Å². The minimum Gasteiger partial charge on any atom is -0.463 e. The lowest BCUT2D eigenvalue weighted by Gasteiger charge is -2.25. The van der Waals surface area contributed by atoms with Gasteiger partial charge in [-0.3, -0.25) is 0 Å². The van der Waals surface area contributed by atoms with Crippen LogP contribution in [-0.4, -0.2) is 18.1 Å². The molecular weight excluding hydrogens is 242 g/mol. The van der Waals surface area contributed by atoms with E-state index in [2.05, 4.69) is 32.7 Å². The summed E-state index contributed by atoms with van der Waals surface area (Å²) in [5, 5.41) is 0. The molecule has 4 heteroatoms. The maximum atomic E-state index is 11.6. The summed E-state index contributed by atoms with van der Waals surface area (Å²) < 4.78 is 10.3. The van der Waals surface area contributed by atoms with Crippen molar-refractivity contribution in [3.63, 3.8) is 0 Å². The lowest BCUT2D eigenvalue weighted by molar-refractivity contribution is 0.0560. The lowest BCUT2D eigenvalue weighted by Crippen LogP contribution is -2.19. The number of methoxy groups -OCH3 is 1. The number of hydrogen-bond acceptors (Lipinski definition) is 4. The molecule has 1 aromatic rings. The highest BCUT2D eigenvalue weighted by Crippen LogP contribution is 2.29. The van der Waals surface area contributed by atoms with Crippen molar-refractivity contribution in [2.75, 3.05) is 7.11 Å². The van der Waals surface area contributed by atoms with E-state index in [9.17, 15) is 4.79 Å². The number of aromatic nitrogens is 1. The molecule has 1 aromatic heterocycles. The summed E-state index contributed by atoms with van der Waals surface area (Å²) in [6, 6.07) is 0. The maximum Gasteiger partial charge on any atom is 0.375 e. The van der Waals surface area contributed by atoms with Crippen molar-refractivity contribution in [2.45, 2.75) is 53.9 Å². The van der Waals surface area contributed by atoms with Crippen molar-refractivity contribution in [3.05, 3.63) is 17.3 Å². The number of ether oxygens (including phenoxy) is 1. The van der Waals surface area contributed by atoms with Crippen LogP contribution < -0.4 is 0 Å². The minimum atomic E-state index is -0.439. The predicted molar refractivity (Wildman–Crippen MR) is 74.2 cm³/mol. The van der Waals surface area contributed by atoms with E-state index in [1.165, 1.54) is 7.11 Å². The number of rotatable bonds is 5. The zero-order valence-electron chi connectivity index (χ0n) is 12.9. The molecule has 0 aliphatic heterocycles. The molecule has 1 rings (SSSR count). The Kier molecular flexibility index (Phi) is 5.15. The second kappa shape index (κ2) is 6.22. The number of aryl methyl sites for hydroxylation is 1. The van der Waals surface area contributed by atoms with Gasteiger partial charge in [-0.15, -0.1) is 0 Å². The van der Waals surface area contributed by atoms with Crippen molar-refractivity contribution in [2.24, 2.45) is 11.3 Å². The van der Waals surface area contributed by atoms with Gasteiger partial charge in [0.15, 0.2) is 5.89 Å². The molecule has 0 amide bonds. The summed E-state index contributed by atoms with van der Waals surface area (Å²) in [6.07, 6.45) is 2.39. The van der Waals surface area contributed by atoms with Gasteiger partial charge in [0.25, 0.3) is 0 Å². The Hall–Kier alpha value is -1.32. The molecule has 0 bridgehead atoms. The molecule has 0 aliphatic rings. The van der Waals surface area contributed by atoms with Crippen LogP contribution in [0.25, 0.3) is 0 Å². The van der Waals surface area contributed by atoms with Crippen molar-refractivity contribution in [1.82, 2.24) is 4.98 Å². The summed E-state index contributed by atoms with van der Waals surface area (Å²) in [4.78, 5) is 16.1. The largest absolute Gasteiger partial charge is 0.463 e. The van der Waals surface area contributed by atoms with E-state index >= 15 is 0 Å². The standard InChI is InChI=1S/C15H25NO3/c1-7-8-11-13(14(17)18-6)19-12(16-11)9-10(2)15(3,4)5/h10H,7-9H2,1-6H3. The predicted octanol–water partition coefficient (Wildman–Crippen LogP) is 3.64. The molecule has 0 saturated heterocycles. The van der Waals surface area contributed by atoms with Crippen LogP contribution in [0.2, 0.25) is 0 Å². The SMILES string of the molecule is CCCc1nc(CC(C)C(C)(C)C)oc1C(=O)OC. The van der Waals surface area contributed by atoms with Crippen LogP contribution in [0.4, 0.5) is 0 Å². The third-order valence-electron chi connectivity index (χ3n) is 3.56. The summed E-state index contributed by atoms with van der Waals surface area (Å²) in [5.74, 6) is 0.878. The summed E-state index contributed by atoms with van der Waals surface area (Å²) in [7, 11) is 1.36. The molecular formula is C15H25NO3. The number of carbonyl (C=O) groups excluding carboxylic acids is 1. The first-order valence-electron chi connectivity index (χ1n) is 6.86. The van der Waals surface area contributed by atoms with E-state index in [4.69, 9.17) is 9.15 Å². The first-order chi connectivity index (χ1) is 8.79. The normalized spacial score (nSPS) is 13.4. The summed E-state index contributed by atoms with van der Waals surface area (Å²) in [5.41, 5.74) is 0.899. The van der Waals surface area contributed by atoms with Crippen molar-refractivity contribution in [3.8, 4) is 0 Å². The van der Waals surface area contributed by atoms with E-state index in [0.717, 1.165) is 19.3 Å². The van der Waals surface area contributed by atoms with Crippen molar-refractivity contribution in [1.29, 1.82) is 0 Å². The van der Waals surface area contributed by atoms with Gasteiger partial charge in [-0.2, -0.15) is 0 Å². The van der Waals surface area contributed by atoms with Crippen LogP contribution in [0, 0.1) is 11.3 Å². The molecule has 0 fully saturated rings. The Morgan fingerprint density at radius 3 is 2.53 bits per heavy atom. The van der Waals surface area contributed by atoms with Gasteiger partial charge in [-0.25, -0.2) is 9.78 Å². The van der Waals surface area contributed by atoms with E-state index in [0.29, 0.717) is 17.5 Å². The van der Waals surface area contributed by atoms with Crippen LogP contribution in [0.3, 0.4) is 0 Å². The van der Waals surface area contributed by atoms with Crippen LogP contribution in [0.1, 0.15) is 63.2 Å². The number of nitrogens with zero attached hydrogens (tertiary/aromatic N) is 1. The summed E-state index contributed by atoms with van der Waals surface area (Å²) >= 11 is 0. The molecule has 1 unspecified atom stereocenters. The van der Waals surface area contributed by atoms with Crippen molar-refractivity contribution < 1.29 is 13.9 Å². The molecule has 108 valence electrons. The molecule has 0 saturated carbocycles. The molecule has 4 nitrogen and oxygen atoms in total. The van der Waals surface area contributed by atoms with Crippen LogP contribution in [0.15, 0.2) is 4.42 Å². The molecule has 1 heterocycles. The second-order valence-electron chi connectivity index (χ2n) is 6.10. The first-order valence-corrected chi connectivity index (χ1v) is 6.86. The van der Waals surface area contributed by atoms with E-state index in [1.807, 2.05) is 6.92 Å². The number of oxazole rings is 1. The quantitative estimate of drug-likeness (QED) is 0.764. The van der Waals surface area contributed by atoms with Gasteiger partial charge in [0, 0.05) is 6.42 Å². The first kappa shape index (κ1) is 15.7. The number of esters is 1. The van der Waals surface area contributed by atoms with Crippen molar-refractivity contribution >= 4 is 5.97 Å². The third-order valence-corrected chi connectivity index (χ3v) is 3.56. The fourth-order valence-corrected chi connectivity index (χ4v) is 1.71. The number of carbonyl (C=O) groups is 1. The highest BCUT2D eigenvalue weighted by Gasteiger charge is 2.25. The van der Waals surface area contributed by atoms with Crippen LogP contribution >= 0.6 is 0 Å². The highest BCUT2D eigenvalue weighted by molar-refractivity contribution is 5.87. The van der Waals surface area contributed by atoms with Gasteiger partial charge >= 0.3 is 5.97 Å². The molecule has 0 radical (unpaired) electrons. The van der Waals surface area contributed by atoms with Crippen LogP contribution in [-0.2, 0) is 17.6 Å². The van der Waals surface area contributed by atoms with E-state index in [1.54, 1.807) is 0 Å². The molecule has 0 aliphatic carbocycles. The van der Waals surface area contributed by atoms with Gasteiger partial charge < -0.3 is 9.15 Å². The third kappa shape index (κ3) is 4.08. The molecule has 0 aromatic carbocycles. The lowest BCUT2D eigenvalue weighted by atomic mass is 9.80. The molecule has 0 N–H and O–H groups in total. The van der Waals surface area contributed by atoms with Gasteiger partial charge in [0.2, 0.25) is 5.76 Å². The van der Waals surface area contributed by atoms with Crippen LogP contribution in [0.5, 0.6) is 0 Å². The second-order valence-corrected chi connectivity index (χ2v) is 6.10. The van der Waals surface area contributed by atoms with Gasteiger partial charge in [0.05, 0.1) is 12.8 Å². The zero-order valence-corrected chi connectivity index (χ0v) is 12.9. The van der Waals surface area contributed by atoms with Gasteiger partial charge in [0.1, 0.15) is 0 Å². The summed E-state index contributed by atoms with van der Waals surface area (Å²) in [6.45, 7) is 10.8. The topological polar surface area (TPSA) is 52.3 Å². The highest BCUT2D eigenvalue weighted by atomic mass is 16.5. The Bertz CT molecular complexity index is 429.